The third-order valence-corrected chi connectivity index (χ3v) is 4.54. The number of aromatic nitrogens is 2. The van der Waals surface area contributed by atoms with E-state index in [1.54, 1.807) is 6.20 Å². The summed E-state index contributed by atoms with van der Waals surface area (Å²) in [6.07, 6.45) is 7.52. The van der Waals surface area contributed by atoms with Crippen LogP contribution in [-0.2, 0) is 0 Å². The Morgan fingerprint density at radius 2 is 2.29 bits per heavy atom. The summed E-state index contributed by atoms with van der Waals surface area (Å²) >= 11 is 5.81. The van der Waals surface area contributed by atoms with Crippen molar-refractivity contribution in [2.24, 2.45) is 17.8 Å². The van der Waals surface area contributed by atoms with E-state index in [2.05, 4.69) is 15.3 Å². The topological polar surface area (TPSA) is 37.8 Å². The molecule has 17 heavy (non-hydrogen) atoms. The lowest BCUT2D eigenvalue weighted by atomic mass is 9.89. The first-order valence-electron chi connectivity index (χ1n) is 6.45. The van der Waals surface area contributed by atoms with Crippen LogP contribution in [0.4, 0.5) is 5.82 Å². The fourth-order valence-corrected chi connectivity index (χ4v) is 3.59. The van der Waals surface area contributed by atoms with Crippen molar-refractivity contribution in [2.75, 3.05) is 11.9 Å². The number of anilines is 1. The fraction of sp³-hybridized carbons (Fsp3) is 0.692. The van der Waals surface area contributed by atoms with E-state index >= 15 is 0 Å². The Bertz CT molecular complexity index is 421. The lowest BCUT2D eigenvalue weighted by Crippen LogP contribution is -2.21. The van der Waals surface area contributed by atoms with Gasteiger partial charge in [-0.3, -0.25) is 0 Å². The zero-order chi connectivity index (χ0) is 11.8. The SMILES string of the molecule is Cc1cnc(Cl)nc1NCC1CC2CCC1C2. The van der Waals surface area contributed by atoms with Crippen LogP contribution in [-0.4, -0.2) is 16.5 Å². The summed E-state index contributed by atoms with van der Waals surface area (Å²) in [6, 6.07) is 0. The van der Waals surface area contributed by atoms with Gasteiger partial charge in [0.25, 0.3) is 0 Å². The van der Waals surface area contributed by atoms with E-state index in [0.717, 1.165) is 35.7 Å². The van der Waals surface area contributed by atoms with Gasteiger partial charge in [-0.15, -0.1) is 0 Å². The monoisotopic (exact) mass is 251 g/mol. The average Bonchev–Trinajstić information content (AvgIpc) is 2.92. The van der Waals surface area contributed by atoms with Crippen molar-refractivity contribution in [3.05, 3.63) is 17.0 Å². The summed E-state index contributed by atoms with van der Waals surface area (Å²) < 4.78 is 0. The minimum absolute atomic E-state index is 0.325. The summed E-state index contributed by atoms with van der Waals surface area (Å²) in [5.74, 6) is 3.68. The molecule has 3 nitrogen and oxygen atoms in total. The predicted octanol–water partition coefficient (Wildman–Crippen LogP) is 3.29. The number of rotatable bonds is 3. The number of nitrogens with one attached hydrogen (secondary N) is 1. The molecule has 2 aliphatic rings. The number of halogens is 1. The highest BCUT2D eigenvalue weighted by molar-refractivity contribution is 6.28. The van der Waals surface area contributed by atoms with Crippen molar-refractivity contribution in [3.63, 3.8) is 0 Å². The largest absolute Gasteiger partial charge is 0.369 e. The molecule has 2 saturated carbocycles. The minimum atomic E-state index is 0.325. The van der Waals surface area contributed by atoms with Gasteiger partial charge in [0.2, 0.25) is 5.28 Å². The molecule has 2 aliphatic carbocycles. The van der Waals surface area contributed by atoms with E-state index in [1.165, 1.54) is 25.7 Å². The molecular formula is C13H18ClN3. The standard InChI is InChI=1S/C13H18ClN3/c1-8-6-16-13(14)17-12(8)15-7-11-5-9-2-3-10(11)4-9/h6,9-11H,2-5,7H2,1H3,(H,15,16,17). The second kappa shape index (κ2) is 4.45. The van der Waals surface area contributed by atoms with Crippen molar-refractivity contribution >= 4 is 17.4 Å². The van der Waals surface area contributed by atoms with E-state index in [1.807, 2.05) is 6.92 Å². The van der Waals surface area contributed by atoms with Crippen molar-refractivity contribution in [1.82, 2.24) is 9.97 Å². The lowest BCUT2D eigenvalue weighted by Gasteiger charge is -2.22. The Labute approximate surface area is 107 Å². The molecule has 1 heterocycles. The van der Waals surface area contributed by atoms with Crippen LogP contribution in [0.25, 0.3) is 0 Å². The average molecular weight is 252 g/mol. The molecule has 0 saturated heterocycles. The van der Waals surface area contributed by atoms with Crippen molar-refractivity contribution in [1.29, 1.82) is 0 Å². The molecule has 3 unspecified atom stereocenters. The second-order valence-corrected chi connectivity index (χ2v) is 5.82. The number of nitrogens with zero attached hydrogens (tertiary/aromatic N) is 2. The van der Waals surface area contributed by atoms with Gasteiger partial charge in [0, 0.05) is 18.3 Å². The lowest BCUT2D eigenvalue weighted by molar-refractivity contribution is 0.348. The van der Waals surface area contributed by atoms with Crippen LogP contribution in [0.5, 0.6) is 0 Å². The highest BCUT2D eigenvalue weighted by Gasteiger charge is 2.39. The van der Waals surface area contributed by atoms with Crippen LogP contribution in [0.1, 0.15) is 31.2 Å². The third kappa shape index (κ3) is 2.25. The van der Waals surface area contributed by atoms with E-state index in [0.29, 0.717) is 5.28 Å². The molecule has 2 fully saturated rings. The number of hydrogen-bond acceptors (Lipinski definition) is 3. The molecule has 0 aromatic carbocycles. The fourth-order valence-electron chi connectivity index (χ4n) is 3.45. The van der Waals surface area contributed by atoms with Crippen LogP contribution >= 0.6 is 11.6 Å². The first-order chi connectivity index (χ1) is 8.22. The van der Waals surface area contributed by atoms with Gasteiger partial charge >= 0.3 is 0 Å². The van der Waals surface area contributed by atoms with Crippen LogP contribution in [0, 0.1) is 24.7 Å². The van der Waals surface area contributed by atoms with E-state index < -0.39 is 0 Å². The molecular weight excluding hydrogens is 234 g/mol. The second-order valence-electron chi connectivity index (χ2n) is 5.49. The molecule has 0 amide bonds. The van der Waals surface area contributed by atoms with Gasteiger partial charge in [0.15, 0.2) is 0 Å². The Balaban J connectivity index is 1.62. The van der Waals surface area contributed by atoms with Crippen LogP contribution < -0.4 is 5.32 Å². The van der Waals surface area contributed by atoms with Gasteiger partial charge in [0.1, 0.15) is 5.82 Å². The number of hydrogen-bond donors (Lipinski definition) is 1. The molecule has 0 spiro atoms. The van der Waals surface area contributed by atoms with Crippen molar-refractivity contribution in [2.45, 2.75) is 32.6 Å². The molecule has 2 bridgehead atoms. The van der Waals surface area contributed by atoms with Gasteiger partial charge in [0.05, 0.1) is 0 Å². The van der Waals surface area contributed by atoms with Crippen molar-refractivity contribution in [3.8, 4) is 0 Å². The zero-order valence-corrected chi connectivity index (χ0v) is 10.9. The van der Waals surface area contributed by atoms with Crippen LogP contribution in [0.3, 0.4) is 0 Å². The molecule has 92 valence electrons. The molecule has 4 heteroatoms. The van der Waals surface area contributed by atoms with Crippen molar-refractivity contribution < 1.29 is 0 Å². The van der Waals surface area contributed by atoms with Gasteiger partial charge in [-0.2, -0.15) is 0 Å². The first kappa shape index (κ1) is 11.3. The molecule has 1 aromatic heterocycles. The Morgan fingerprint density at radius 1 is 1.41 bits per heavy atom. The maximum absolute atomic E-state index is 5.81. The Kier molecular flexibility index (Phi) is 2.95. The number of fused-ring (bicyclic) bond motifs is 2. The molecule has 3 rings (SSSR count). The highest BCUT2D eigenvalue weighted by atomic mass is 35.5. The van der Waals surface area contributed by atoms with Crippen LogP contribution in [0.2, 0.25) is 5.28 Å². The predicted molar refractivity (Wildman–Crippen MR) is 69.2 cm³/mol. The summed E-state index contributed by atoms with van der Waals surface area (Å²) in [5.41, 5.74) is 1.07. The molecule has 1 N–H and O–H groups in total. The van der Waals surface area contributed by atoms with E-state index in [9.17, 15) is 0 Å². The van der Waals surface area contributed by atoms with Gasteiger partial charge < -0.3 is 5.32 Å². The van der Waals surface area contributed by atoms with Crippen LogP contribution in [0.15, 0.2) is 6.20 Å². The highest BCUT2D eigenvalue weighted by Crippen LogP contribution is 2.48. The first-order valence-corrected chi connectivity index (χ1v) is 6.83. The van der Waals surface area contributed by atoms with Gasteiger partial charge in [-0.05, 0) is 55.5 Å². The zero-order valence-electron chi connectivity index (χ0n) is 10.1. The number of aryl methyl sites for hydroxylation is 1. The van der Waals surface area contributed by atoms with E-state index in [4.69, 9.17) is 11.6 Å². The molecule has 0 aliphatic heterocycles. The summed E-state index contributed by atoms with van der Waals surface area (Å²) in [5, 5.41) is 3.77. The van der Waals surface area contributed by atoms with Gasteiger partial charge in [-0.25, -0.2) is 9.97 Å². The normalized spacial score (nSPS) is 30.8. The Morgan fingerprint density at radius 3 is 3.00 bits per heavy atom. The maximum atomic E-state index is 5.81. The third-order valence-electron chi connectivity index (χ3n) is 4.36. The molecule has 3 atom stereocenters. The summed E-state index contributed by atoms with van der Waals surface area (Å²) in [4.78, 5) is 8.21. The minimum Gasteiger partial charge on any atom is -0.369 e. The molecule has 0 radical (unpaired) electrons. The Hall–Kier alpha value is -0.830. The quantitative estimate of drug-likeness (QED) is 0.838. The summed E-state index contributed by atoms with van der Waals surface area (Å²) in [6.45, 7) is 3.05. The maximum Gasteiger partial charge on any atom is 0.224 e. The smallest absolute Gasteiger partial charge is 0.224 e. The molecule has 1 aromatic rings. The van der Waals surface area contributed by atoms with E-state index in [-0.39, 0.29) is 0 Å². The van der Waals surface area contributed by atoms with Gasteiger partial charge in [-0.1, -0.05) is 6.42 Å². The summed E-state index contributed by atoms with van der Waals surface area (Å²) in [7, 11) is 0.